The molecule has 29 heavy (non-hydrogen) atoms. The molecule has 0 heterocycles. The lowest BCUT2D eigenvalue weighted by Crippen LogP contribution is -2.41. The van der Waals surface area contributed by atoms with Crippen molar-refractivity contribution < 1.29 is 9.53 Å². The monoisotopic (exact) mass is 383 g/mol. The molecule has 0 aliphatic rings. The minimum absolute atomic E-state index is 0.102. The first-order valence-corrected chi connectivity index (χ1v) is 9.58. The molecule has 0 spiro atoms. The molecule has 0 aliphatic carbocycles. The summed E-state index contributed by atoms with van der Waals surface area (Å²) in [5, 5.41) is 3.09. The van der Waals surface area contributed by atoms with Crippen LogP contribution < -0.4 is 10.1 Å². The van der Waals surface area contributed by atoms with E-state index in [0.717, 1.165) is 16.9 Å². The van der Waals surface area contributed by atoms with Crippen LogP contribution in [0, 0.1) is 0 Å². The summed E-state index contributed by atoms with van der Waals surface area (Å²) in [6.45, 7) is 8.01. The van der Waals surface area contributed by atoms with Crippen molar-refractivity contribution in [2.45, 2.75) is 11.8 Å². The summed E-state index contributed by atoms with van der Waals surface area (Å²) in [7, 11) is 0. The maximum atomic E-state index is 13.7. The third-order valence-electron chi connectivity index (χ3n) is 4.85. The average molecular weight is 383 g/mol. The van der Waals surface area contributed by atoms with Crippen molar-refractivity contribution in [1.29, 1.82) is 0 Å². The highest BCUT2D eigenvalue weighted by Gasteiger charge is 2.40. The average Bonchev–Trinajstić information content (AvgIpc) is 2.78. The van der Waals surface area contributed by atoms with Gasteiger partial charge in [-0.25, -0.2) is 0 Å². The normalized spacial score (nSPS) is 10.8. The molecule has 3 heteroatoms. The van der Waals surface area contributed by atoms with Crippen LogP contribution in [-0.2, 0) is 10.2 Å². The Morgan fingerprint density at radius 2 is 1.38 bits per heavy atom. The van der Waals surface area contributed by atoms with Gasteiger partial charge >= 0.3 is 0 Å². The van der Waals surface area contributed by atoms with Crippen LogP contribution in [0.25, 0.3) is 0 Å². The zero-order valence-electron chi connectivity index (χ0n) is 16.4. The van der Waals surface area contributed by atoms with Crippen molar-refractivity contribution in [3.63, 3.8) is 0 Å². The van der Waals surface area contributed by atoms with Crippen LogP contribution in [0.5, 0.6) is 5.75 Å². The minimum atomic E-state index is -0.873. The molecule has 3 nitrogen and oxygen atoms in total. The van der Waals surface area contributed by atoms with Gasteiger partial charge in [0.05, 0.1) is 0 Å². The summed E-state index contributed by atoms with van der Waals surface area (Å²) < 4.78 is 5.52. The predicted octanol–water partition coefficient (Wildman–Crippen LogP) is 5.75. The number of hydrogen-bond donors (Lipinski definition) is 1. The molecule has 0 unspecified atom stereocenters. The lowest BCUT2D eigenvalue weighted by molar-refractivity contribution is -0.120. The van der Waals surface area contributed by atoms with E-state index in [9.17, 15) is 4.79 Å². The molecule has 0 aliphatic heterocycles. The van der Waals surface area contributed by atoms with E-state index in [0.29, 0.717) is 18.7 Å². The van der Waals surface area contributed by atoms with E-state index in [1.54, 1.807) is 12.2 Å². The van der Waals surface area contributed by atoms with Gasteiger partial charge in [0.2, 0.25) is 5.91 Å². The van der Waals surface area contributed by atoms with Gasteiger partial charge in [-0.3, -0.25) is 4.79 Å². The second kappa shape index (κ2) is 9.56. The second-order valence-corrected chi connectivity index (χ2v) is 6.71. The Balaban J connectivity index is 1.98. The number of rotatable bonds is 9. The topological polar surface area (TPSA) is 38.3 Å². The molecule has 0 saturated heterocycles. The van der Waals surface area contributed by atoms with Crippen LogP contribution in [0.1, 0.15) is 17.5 Å². The summed E-state index contributed by atoms with van der Waals surface area (Å²) in [5.74, 6) is 0.626. The van der Waals surface area contributed by atoms with Gasteiger partial charge in [0.1, 0.15) is 17.8 Å². The number of allylic oxidation sites excluding steroid dienone is 1. The van der Waals surface area contributed by atoms with E-state index in [4.69, 9.17) is 4.74 Å². The van der Waals surface area contributed by atoms with Crippen molar-refractivity contribution >= 4 is 11.6 Å². The zero-order valence-corrected chi connectivity index (χ0v) is 16.4. The van der Waals surface area contributed by atoms with Crippen LogP contribution in [-0.4, -0.2) is 12.5 Å². The maximum absolute atomic E-state index is 13.7. The van der Waals surface area contributed by atoms with Gasteiger partial charge in [0.15, 0.2) is 0 Å². The highest BCUT2D eigenvalue weighted by atomic mass is 16.5. The number of amides is 1. The van der Waals surface area contributed by atoms with Crippen molar-refractivity contribution in [3.05, 3.63) is 121 Å². The Hall–Kier alpha value is -3.59. The van der Waals surface area contributed by atoms with Gasteiger partial charge in [0, 0.05) is 5.69 Å². The van der Waals surface area contributed by atoms with E-state index in [2.05, 4.69) is 18.5 Å². The summed E-state index contributed by atoms with van der Waals surface area (Å²) in [5.41, 5.74) is 1.69. The van der Waals surface area contributed by atoms with E-state index in [-0.39, 0.29) is 5.91 Å². The molecule has 0 atom stereocenters. The highest BCUT2D eigenvalue weighted by Crippen LogP contribution is 2.37. The highest BCUT2D eigenvalue weighted by molar-refractivity contribution is 6.02. The molecule has 146 valence electrons. The minimum Gasteiger partial charge on any atom is -0.490 e. The lowest BCUT2D eigenvalue weighted by Gasteiger charge is -2.33. The number of carbonyl (C=O) groups is 1. The number of anilines is 1. The Morgan fingerprint density at radius 3 is 1.86 bits per heavy atom. The first kappa shape index (κ1) is 20.2. The van der Waals surface area contributed by atoms with Gasteiger partial charge in [-0.05, 0) is 41.8 Å². The van der Waals surface area contributed by atoms with Crippen LogP contribution in [0.15, 0.2) is 110 Å². The second-order valence-electron chi connectivity index (χ2n) is 6.71. The Labute approximate surface area is 172 Å². The number of ether oxygens (including phenoxy) is 1. The van der Waals surface area contributed by atoms with E-state index in [1.807, 2.05) is 84.9 Å². The number of nitrogens with one attached hydrogen (secondary N) is 1. The molecule has 3 aromatic carbocycles. The molecule has 1 amide bonds. The van der Waals surface area contributed by atoms with Gasteiger partial charge in [-0.2, -0.15) is 0 Å². The molecule has 0 saturated carbocycles. The molecule has 0 aromatic heterocycles. The van der Waals surface area contributed by atoms with Crippen molar-refractivity contribution in [3.8, 4) is 5.75 Å². The molecule has 0 fully saturated rings. The standard InChI is InChI=1S/C26H25NO2/c1-3-19-26(21-11-7-5-8-12-21,22-13-9-6-10-14-22)25(28)27-23-15-17-24(18-16-23)29-20-4-2/h3-18H,1-2,19-20H2,(H,27,28). The Morgan fingerprint density at radius 1 is 0.828 bits per heavy atom. The fourth-order valence-corrected chi connectivity index (χ4v) is 3.45. The van der Waals surface area contributed by atoms with Crippen LogP contribution >= 0.6 is 0 Å². The number of benzene rings is 3. The molecule has 0 bridgehead atoms. The van der Waals surface area contributed by atoms with E-state index >= 15 is 0 Å². The SMILES string of the molecule is C=CCOc1ccc(NC(=O)C(CC=C)(c2ccccc2)c2ccccc2)cc1. The van der Waals surface area contributed by atoms with E-state index in [1.165, 1.54) is 0 Å². The molecule has 3 aromatic rings. The van der Waals surface area contributed by atoms with E-state index < -0.39 is 5.41 Å². The molecular formula is C26H25NO2. The summed E-state index contributed by atoms with van der Waals surface area (Å²) >= 11 is 0. The van der Waals surface area contributed by atoms with Gasteiger partial charge in [0.25, 0.3) is 0 Å². The summed E-state index contributed by atoms with van der Waals surface area (Å²) in [4.78, 5) is 13.7. The first-order valence-electron chi connectivity index (χ1n) is 9.58. The van der Waals surface area contributed by atoms with Crippen LogP contribution in [0.3, 0.4) is 0 Å². The molecule has 3 rings (SSSR count). The Bertz CT molecular complexity index is 908. The maximum Gasteiger partial charge on any atom is 0.239 e. The van der Waals surface area contributed by atoms with Crippen molar-refractivity contribution in [1.82, 2.24) is 0 Å². The predicted molar refractivity (Wildman–Crippen MR) is 119 cm³/mol. The number of carbonyl (C=O) groups excluding carboxylic acids is 1. The molecule has 0 radical (unpaired) electrons. The summed E-state index contributed by atoms with van der Waals surface area (Å²) in [6, 6.07) is 27.0. The van der Waals surface area contributed by atoms with Gasteiger partial charge in [-0.15, -0.1) is 6.58 Å². The fourth-order valence-electron chi connectivity index (χ4n) is 3.45. The lowest BCUT2D eigenvalue weighted by atomic mass is 9.71. The van der Waals surface area contributed by atoms with Gasteiger partial charge < -0.3 is 10.1 Å². The summed E-state index contributed by atoms with van der Waals surface area (Å²) in [6.07, 6.45) is 3.97. The van der Waals surface area contributed by atoms with Crippen molar-refractivity contribution in [2.75, 3.05) is 11.9 Å². The fraction of sp³-hybridized carbons (Fsp3) is 0.115. The first-order chi connectivity index (χ1) is 14.2. The third-order valence-corrected chi connectivity index (χ3v) is 4.85. The third kappa shape index (κ3) is 4.46. The molecule has 1 N–H and O–H groups in total. The zero-order chi connectivity index (χ0) is 20.5. The van der Waals surface area contributed by atoms with Crippen LogP contribution in [0.4, 0.5) is 5.69 Å². The Kier molecular flexibility index (Phi) is 6.64. The van der Waals surface area contributed by atoms with Crippen LogP contribution in [0.2, 0.25) is 0 Å². The quantitative estimate of drug-likeness (QED) is 0.478. The van der Waals surface area contributed by atoms with Crippen molar-refractivity contribution in [2.24, 2.45) is 0 Å². The van der Waals surface area contributed by atoms with Gasteiger partial charge in [-0.1, -0.05) is 79.4 Å². The smallest absolute Gasteiger partial charge is 0.239 e. The molecular weight excluding hydrogens is 358 g/mol. The number of hydrogen-bond acceptors (Lipinski definition) is 2. The largest absolute Gasteiger partial charge is 0.490 e.